The van der Waals surface area contributed by atoms with E-state index in [9.17, 15) is 0 Å². The molecular formula is C42H50O6. The van der Waals surface area contributed by atoms with Gasteiger partial charge in [0.15, 0.2) is 0 Å². The first-order valence-corrected chi connectivity index (χ1v) is 17.9. The molecule has 9 rings (SSSR count). The van der Waals surface area contributed by atoms with Crippen LogP contribution in [0.1, 0.15) is 121 Å². The van der Waals surface area contributed by atoms with Crippen molar-refractivity contribution in [3.05, 3.63) is 69.8 Å². The average molecular weight is 651 g/mol. The van der Waals surface area contributed by atoms with E-state index in [-0.39, 0.29) is 27.9 Å². The van der Waals surface area contributed by atoms with Gasteiger partial charge in [-0.25, -0.2) is 0 Å². The molecule has 2 fully saturated rings. The molecule has 4 aliphatic heterocycles. The first-order valence-electron chi connectivity index (χ1n) is 17.9. The van der Waals surface area contributed by atoms with Crippen molar-refractivity contribution >= 4 is 0 Å². The Bertz CT molecular complexity index is 1890. The molecule has 2 aliphatic carbocycles. The predicted molar refractivity (Wildman–Crippen MR) is 186 cm³/mol. The summed E-state index contributed by atoms with van der Waals surface area (Å²) in [5.74, 6) is 6.22. The van der Waals surface area contributed by atoms with Crippen molar-refractivity contribution in [2.75, 3.05) is 13.2 Å². The van der Waals surface area contributed by atoms with Crippen LogP contribution in [0.3, 0.4) is 0 Å². The third-order valence-corrected chi connectivity index (χ3v) is 11.8. The Labute approximate surface area is 285 Å². The number of hydrogen-bond acceptors (Lipinski definition) is 6. The fourth-order valence-electron chi connectivity index (χ4n) is 9.65. The van der Waals surface area contributed by atoms with Crippen LogP contribution in [-0.4, -0.2) is 30.0 Å². The van der Waals surface area contributed by atoms with Gasteiger partial charge in [-0.15, -0.1) is 0 Å². The van der Waals surface area contributed by atoms with Crippen LogP contribution in [0.5, 0.6) is 34.5 Å². The topological polar surface area (TPSA) is 55.4 Å². The minimum absolute atomic E-state index is 0.111. The van der Waals surface area contributed by atoms with Crippen molar-refractivity contribution in [3.8, 4) is 34.5 Å². The molecule has 4 heterocycles. The minimum atomic E-state index is -0.513. The number of ether oxygens (including phenoxy) is 6. The summed E-state index contributed by atoms with van der Waals surface area (Å²) in [6.07, 6.45) is 3.78. The van der Waals surface area contributed by atoms with Crippen molar-refractivity contribution in [1.82, 2.24) is 0 Å². The summed E-state index contributed by atoms with van der Waals surface area (Å²) in [5.41, 5.74) is 5.83. The zero-order chi connectivity index (χ0) is 33.8. The number of benzene rings is 3. The standard InChI is InChI=1S/C42H50O6/c1-23-16-25(19-39(7,8)46-27-13-11-12-26-31(27)38(5,6)21-43-26)35(48-37(2,3)4)33-34(23)45-36(41(33)14-15-41)24-17-28-32-29(18-24)47-40(9,10)30-20-42(30,32)22-44-28/h11-13,16-18,30,36H,14-15,19-22H2,1-10H3. The highest BCUT2D eigenvalue weighted by Gasteiger charge is 2.70. The van der Waals surface area contributed by atoms with E-state index in [0.29, 0.717) is 18.9 Å². The Morgan fingerprint density at radius 2 is 1.54 bits per heavy atom. The Hall–Kier alpha value is -3.54. The van der Waals surface area contributed by atoms with Gasteiger partial charge in [0.2, 0.25) is 0 Å². The summed E-state index contributed by atoms with van der Waals surface area (Å²) in [4.78, 5) is 0. The summed E-state index contributed by atoms with van der Waals surface area (Å²) in [5, 5.41) is 0. The van der Waals surface area contributed by atoms with Crippen molar-refractivity contribution in [2.24, 2.45) is 5.92 Å². The molecule has 6 nitrogen and oxygen atoms in total. The second kappa shape index (κ2) is 9.17. The fraction of sp³-hybridized carbons (Fsp3) is 0.571. The first kappa shape index (κ1) is 30.5. The SMILES string of the molecule is Cc1cc(CC(C)(C)Oc2cccc3c2C(C)(C)CO3)c(OC(C)(C)C)c2c1OC(c1cc3c4c(c1)OC(C)(C)C1CC41CO3)C21CC1. The highest BCUT2D eigenvalue weighted by molar-refractivity contribution is 5.67. The summed E-state index contributed by atoms with van der Waals surface area (Å²) in [6, 6.07) is 12.9. The lowest BCUT2D eigenvalue weighted by Gasteiger charge is -2.35. The lowest BCUT2D eigenvalue weighted by Crippen LogP contribution is -2.39. The molecular weight excluding hydrogens is 600 g/mol. The Kier molecular flexibility index (Phi) is 5.83. The number of hydrogen-bond donors (Lipinski definition) is 0. The van der Waals surface area contributed by atoms with E-state index >= 15 is 0 Å². The molecule has 0 amide bonds. The van der Waals surface area contributed by atoms with Gasteiger partial charge >= 0.3 is 0 Å². The molecule has 0 radical (unpaired) electrons. The van der Waals surface area contributed by atoms with Gasteiger partial charge in [-0.1, -0.05) is 19.9 Å². The van der Waals surface area contributed by atoms with E-state index in [4.69, 9.17) is 28.4 Å². The van der Waals surface area contributed by atoms with E-state index in [0.717, 1.165) is 82.6 Å². The molecule has 3 unspecified atom stereocenters. The van der Waals surface area contributed by atoms with Gasteiger partial charge < -0.3 is 28.4 Å². The van der Waals surface area contributed by atoms with Gasteiger partial charge in [0.25, 0.3) is 0 Å². The Morgan fingerprint density at radius 1 is 0.812 bits per heavy atom. The van der Waals surface area contributed by atoms with Crippen molar-refractivity contribution in [2.45, 2.75) is 134 Å². The maximum atomic E-state index is 7.07. The van der Waals surface area contributed by atoms with Gasteiger partial charge in [-0.3, -0.25) is 0 Å². The summed E-state index contributed by atoms with van der Waals surface area (Å²) < 4.78 is 40.1. The summed E-state index contributed by atoms with van der Waals surface area (Å²) in [6.45, 7) is 23.3. The molecule has 6 aliphatic rings. The molecule has 2 saturated carbocycles. The van der Waals surface area contributed by atoms with E-state index in [2.05, 4.69) is 93.5 Å². The zero-order valence-electron chi connectivity index (χ0n) is 30.3. The molecule has 48 heavy (non-hydrogen) atoms. The first-order chi connectivity index (χ1) is 22.4. The van der Waals surface area contributed by atoms with E-state index < -0.39 is 11.2 Å². The molecule has 0 saturated heterocycles. The van der Waals surface area contributed by atoms with Crippen molar-refractivity contribution in [3.63, 3.8) is 0 Å². The van der Waals surface area contributed by atoms with Gasteiger partial charge in [-0.05, 0) is 116 Å². The van der Waals surface area contributed by atoms with Crippen LogP contribution in [0.2, 0.25) is 0 Å². The van der Waals surface area contributed by atoms with Gasteiger partial charge in [0.05, 0.1) is 13.2 Å². The maximum Gasteiger partial charge on any atom is 0.134 e. The lowest BCUT2D eigenvalue weighted by atomic mass is 9.81. The van der Waals surface area contributed by atoms with E-state index in [1.54, 1.807) is 0 Å². The third-order valence-electron chi connectivity index (χ3n) is 11.8. The predicted octanol–water partition coefficient (Wildman–Crippen LogP) is 9.23. The monoisotopic (exact) mass is 650 g/mol. The molecule has 254 valence electrons. The minimum Gasteiger partial charge on any atom is -0.492 e. The molecule has 0 bridgehead atoms. The normalized spacial score (nSPS) is 27.0. The second-order valence-electron chi connectivity index (χ2n) is 18.4. The largest absolute Gasteiger partial charge is 0.492 e. The highest BCUT2D eigenvalue weighted by atomic mass is 16.5. The zero-order valence-corrected chi connectivity index (χ0v) is 30.3. The van der Waals surface area contributed by atoms with Crippen LogP contribution in [0.15, 0.2) is 36.4 Å². The number of aryl methyl sites for hydroxylation is 1. The van der Waals surface area contributed by atoms with E-state index in [1.165, 1.54) is 11.1 Å². The third kappa shape index (κ3) is 4.29. The van der Waals surface area contributed by atoms with Crippen molar-refractivity contribution in [1.29, 1.82) is 0 Å². The van der Waals surface area contributed by atoms with Gasteiger partial charge in [-0.2, -0.15) is 0 Å². The molecule has 3 aromatic rings. The molecule has 3 aromatic carbocycles. The van der Waals surface area contributed by atoms with Crippen LogP contribution < -0.4 is 28.4 Å². The molecule has 2 spiro atoms. The van der Waals surface area contributed by atoms with Crippen LogP contribution in [0.25, 0.3) is 0 Å². The Morgan fingerprint density at radius 3 is 2.27 bits per heavy atom. The maximum absolute atomic E-state index is 7.07. The lowest BCUT2D eigenvalue weighted by molar-refractivity contribution is 0.0591. The van der Waals surface area contributed by atoms with Crippen LogP contribution in [-0.2, 0) is 22.7 Å². The van der Waals surface area contributed by atoms with Gasteiger partial charge in [0.1, 0.15) is 57.4 Å². The summed E-state index contributed by atoms with van der Waals surface area (Å²) in [7, 11) is 0. The molecule has 6 heteroatoms. The number of fused-ring (bicyclic) bond motifs is 3. The molecule has 3 atom stereocenters. The second-order valence-corrected chi connectivity index (χ2v) is 18.4. The molecule has 0 aromatic heterocycles. The van der Waals surface area contributed by atoms with Crippen LogP contribution in [0.4, 0.5) is 0 Å². The molecule has 0 N–H and O–H groups in total. The fourth-order valence-corrected chi connectivity index (χ4v) is 9.65. The number of rotatable bonds is 6. The van der Waals surface area contributed by atoms with Crippen molar-refractivity contribution < 1.29 is 28.4 Å². The van der Waals surface area contributed by atoms with E-state index in [1.807, 2.05) is 12.1 Å². The highest BCUT2D eigenvalue weighted by Crippen LogP contribution is 2.72. The van der Waals surface area contributed by atoms with Crippen LogP contribution in [0, 0.1) is 12.8 Å². The van der Waals surface area contributed by atoms with Gasteiger partial charge in [0, 0.05) is 50.8 Å². The smallest absolute Gasteiger partial charge is 0.134 e. The quantitative estimate of drug-likeness (QED) is 0.265. The summed E-state index contributed by atoms with van der Waals surface area (Å²) >= 11 is 0. The average Bonchev–Trinajstić information content (AvgIpc) is 3.81. The Balaban J connectivity index is 1.10. The van der Waals surface area contributed by atoms with Crippen LogP contribution >= 0.6 is 0 Å².